The zero-order valence-corrected chi connectivity index (χ0v) is 17.1. The lowest BCUT2D eigenvalue weighted by Gasteiger charge is -2.12. The van der Waals surface area contributed by atoms with Crippen molar-refractivity contribution in [3.63, 3.8) is 0 Å². The summed E-state index contributed by atoms with van der Waals surface area (Å²) in [7, 11) is 1.60. The van der Waals surface area contributed by atoms with Crippen molar-refractivity contribution in [2.75, 3.05) is 20.3 Å². The molecule has 2 aromatic rings. The van der Waals surface area contributed by atoms with E-state index in [1.807, 2.05) is 18.2 Å². The average molecular weight is 383 g/mol. The van der Waals surface area contributed by atoms with Crippen LogP contribution in [-0.4, -0.2) is 26.1 Å². The number of carbonyl (C=O) groups is 1. The van der Waals surface area contributed by atoms with E-state index in [2.05, 4.69) is 13.8 Å². The van der Waals surface area contributed by atoms with Gasteiger partial charge in [0.25, 0.3) is 0 Å². The third kappa shape index (κ3) is 6.76. The van der Waals surface area contributed by atoms with Crippen LogP contribution >= 0.6 is 0 Å². The van der Waals surface area contributed by atoms with E-state index >= 15 is 0 Å². The Morgan fingerprint density at radius 2 is 1.54 bits per heavy atom. The van der Waals surface area contributed by atoms with E-state index in [0.29, 0.717) is 18.8 Å². The second-order valence-corrected chi connectivity index (χ2v) is 6.53. The zero-order chi connectivity index (χ0) is 20.2. The summed E-state index contributed by atoms with van der Waals surface area (Å²) in [4.78, 5) is 12.4. The summed E-state index contributed by atoms with van der Waals surface area (Å²) < 4.78 is 16.8. The van der Waals surface area contributed by atoms with Crippen LogP contribution in [0.1, 0.15) is 55.5 Å². The average Bonchev–Trinajstić information content (AvgIpc) is 2.73. The minimum atomic E-state index is -0.0644. The normalized spacial score (nSPS) is 10.8. The first-order valence-electron chi connectivity index (χ1n) is 9.94. The van der Waals surface area contributed by atoms with Crippen LogP contribution in [0.3, 0.4) is 0 Å². The minimum absolute atomic E-state index is 0.0644. The Morgan fingerprint density at radius 1 is 0.893 bits per heavy atom. The van der Waals surface area contributed by atoms with Gasteiger partial charge in [-0.1, -0.05) is 26.7 Å². The van der Waals surface area contributed by atoms with Crippen molar-refractivity contribution in [1.29, 1.82) is 0 Å². The van der Waals surface area contributed by atoms with Crippen molar-refractivity contribution < 1.29 is 19.0 Å². The Hall–Kier alpha value is -2.75. The second kappa shape index (κ2) is 11.9. The van der Waals surface area contributed by atoms with E-state index in [9.17, 15) is 4.79 Å². The monoisotopic (exact) mass is 382 g/mol. The molecule has 0 fully saturated rings. The fraction of sp³-hybridized carbons (Fsp3) is 0.375. The van der Waals surface area contributed by atoms with Crippen LogP contribution in [0.5, 0.6) is 17.2 Å². The largest absolute Gasteiger partial charge is 0.497 e. The van der Waals surface area contributed by atoms with E-state index < -0.39 is 0 Å². The van der Waals surface area contributed by atoms with Crippen molar-refractivity contribution in [2.45, 2.75) is 39.5 Å². The Kier molecular flexibility index (Phi) is 9.13. The molecule has 0 aliphatic heterocycles. The zero-order valence-electron chi connectivity index (χ0n) is 17.1. The lowest BCUT2D eigenvalue weighted by atomic mass is 10.1. The molecular formula is C24H30O4. The molecule has 0 N–H and O–H groups in total. The third-order valence-electron chi connectivity index (χ3n) is 4.30. The first kappa shape index (κ1) is 21.5. The van der Waals surface area contributed by atoms with Gasteiger partial charge in [-0.15, -0.1) is 0 Å². The van der Waals surface area contributed by atoms with Crippen LogP contribution in [0, 0.1) is 0 Å². The number of carbonyl (C=O) groups excluding carboxylic acids is 1. The Balaban J connectivity index is 2.13. The van der Waals surface area contributed by atoms with Crippen LogP contribution in [0.15, 0.2) is 48.5 Å². The summed E-state index contributed by atoms with van der Waals surface area (Å²) in [6, 6.07) is 12.8. The maximum absolute atomic E-state index is 12.4. The van der Waals surface area contributed by atoms with E-state index in [0.717, 1.165) is 48.5 Å². The highest BCUT2D eigenvalue weighted by Crippen LogP contribution is 2.27. The van der Waals surface area contributed by atoms with Crippen molar-refractivity contribution >= 4 is 11.9 Å². The van der Waals surface area contributed by atoms with Crippen molar-refractivity contribution in [2.24, 2.45) is 0 Å². The quantitative estimate of drug-likeness (QED) is 0.258. The van der Waals surface area contributed by atoms with Gasteiger partial charge in [-0.25, -0.2) is 0 Å². The number of ketones is 1. The molecule has 28 heavy (non-hydrogen) atoms. The summed E-state index contributed by atoms with van der Waals surface area (Å²) in [5.74, 6) is 2.19. The summed E-state index contributed by atoms with van der Waals surface area (Å²) >= 11 is 0. The maximum atomic E-state index is 12.4. The highest BCUT2D eigenvalue weighted by molar-refractivity contribution is 6.07. The number of methoxy groups -OCH3 is 1. The van der Waals surface area contributed by atoms with Gasteiger partial charge >= 0.3 is 0 Å². The highest BCUT2D eigenvalue weighted by Gasteiger charge is 2.07. The van der Waals surface area contributed by atoms with Gasteiger partial charge in [0, 0.05) is 17.2 Å². The predicted octanol–water partition coefficient (Wildman–Crippen LogP) is 5.95. The van der Waals surface area contributed by atoms with Gasteiger partial charge < -0.3 is 14.2 Å². The highest BCUT2D eigenvalue weighted by atomic mass is 16.5. The third-order valence-corrected chi connectivity index (χ3v) is 4.30. The standard InChI is InChI=1S/C24H30O4/c1-4-6-16-27-22-14-10-20(24(18-22)28-17-7-5-2)11-15-23(25)19-8-12-21(26-3)13-9-19/h8-15,18H,4-7,16-17H2,1-3H3. The minimum Gasteiger partial charge on any atom is -0.497 e. The van der Waals surface area contributed by atoms with Crippen LogP contribution in [-0.2, 0) is 0 Å². The molecule has 0 aliphatic carbocycles. The molecule has 0 spiro atoms. The molecule has 4 heteroatoms. The van der Waals surface area contributed by atoms with Crippen molar-refractivity contribution in [3.05, 3.63) is 59.7 Å². The Bertz CT molecular complexity index is 763. The molecule has 0 bridgehead atoms. The molecule has 2 rings (SSSR count). The molecule has 0 atom stereocenters. The predicted molar refractivity (Wildman–Crippen MR) is 114 cm³/mol. The lowest BCUT2D eigenvalue weighted by molar-refractivity contribution is 0.104. The first-order chi connectivity index (χ1) is 13.7. The molecule has 0 heterocycles. The molecule has 0 radical (unpaired) electrons. The fourth-order valence-corrected chi connectivity index (χ4v) is 2.54. The van der Waals surface area contributed by atoms with Crippen molar-refractivity contribution in [3.8, 4) is 17.2 Å². The number of hydrogen-bond donors (Lipinski definition) is 0. The lowest BCUT2D eigenvalue weighted by Crippen LogP contribution is -2.01. The number of allylic oxidation sites excluding steroid dienone is 1. The number of unbranched alkanes of at least 4 members (excludes halogenated alkanes) is 2. The molecule has 0 unspecified atom stereocenters. The molecule has 2 aromatic carbocycles. The van der Waals surface area contributed by atoms with Gasteiger partial charge in [0.05, 0.1) is 20.3 Å². The number of rotatable bonds is 12. The topological polar surface area (TPSA) is 44.8 Å². The fourth-order valence-electron chi connectivity index (χ4n) is 2.54. The summed E-state index contributed by atoms with van der Waals surface area (Å²) in [5, 5.41) is 0. The summed E-state index contributed by atoms with van der Waals surface area (Å²) in [6.07, 6.45) is 7.52. The Morgan fingerprint density at radius 3 is 2.18 bits per heavy atom. The van der Waals surface area contributed by atoms with Gasteiger partial charge in [0.1, 0.15) is 17.2 Å². The molecular weight excluding hydrogens is 352 g/mol. The molecule has 0 aromatic heterocycles. The summed E-state index contributed by atoms with van der Waals surface area (Å²) in [6.45, 7) is 5.59. The van der Waals surface area contributed by atoms with Gasteiger partial charge in [-0.3, -0.25) is 4.79 Å². The van der Waals surface area contributed by atoms with Gasteiger partial charge in [0.15, 0.2) is 5.78 Å². The SMILES string of the molecule is CCCCOc1ccc(C=CC(=O)c2ccc(OC)cc2)c(OCCCC)c1. The summed E-state index contributed by atoms with van der Waals surface area (Å²) in [5.41, 5.74) is 1.48. The van der Waals surface area contributed by atoms with Crippen LogP contribution in [0.2, 0.25) is 0 Å². The van der Waals surface area contributed by atoms with Crippen LogP contribution in [0.4, 0.5) is 0 Å². The second-order valence-electron chi connectivity index (χ2n) is 6.53. The molecule has 150 valence electrons. The van der Waals surface area contributed by atoms with Gasteiger partial charge in [-0.05, 0) is 61.4 Å². The molecule has 0 amide bonds. The van der Waals surface area contributed by atoms with E-state index in [1.165, 1.54) is 0 Å². The van der Waals surface area contributed by atoms with Crippen molar-refractivity contribution in [1.82, 2.24) is 0 Å². The van der Waals surface area contributed by atoms with Gasteiger partial charge in [-0.2, -0.15) is 0 Å². The maximum Gasteiger partial charge on any atom is 0.185 e. The van der Waals surface area contributed by atoms with E-state index in [1.54, 1.807) is 43.5 Å². The van der Waals surface area contributed by atoms with E-state index in [4.69, 9.17) is 14.2 Å². The number of benzene rings is 2. The molecule has 0 saturated carbocycles. The molecule has 0 aliphatic rings. The molecule has 0 saturated heterocycles. The Labute approximate surface area is 168 Å². The smallest absolute Gasteiger partial charge is 0.185 e. The van der Waals surface area contributed by atoms with Crippen LogP contribution < -0.4 is 14.2 Å². The number of ether oxygens (including phenoxy) is 3. The van der Waals surface area contributed by atoms with E-state index in [-0.39, 0.29) is 5.78 Å². The van der Waals surface area contributed by atoms with Gasteiger partial charge in [0.2, 0.25) is 0 Å². The van der Waals surface area contributed by atoms with Crippen LogP contribution in [0.25, 0.3) is 6.08 Å². The molecule has 4 nitrogen and oxygen atoms in total. The number of hydrogen-bond acceptors (Lipinski definition) is 4. The first-order valence-corrected chi connectivity index (χ1v) is 9.94.